The van der Waals surface area contributed by atoms with E-state index < -0.39 is 6.04 Å². The van der Waals surface area contributed by atoms with Crippen molar-refractivity contribution in [2.45, 2.75) is 25.9 Å². The molecule has 5 rings (SSSR count). The molecular formula is C29H24Cl2FN3O2. The second kappa shape index (κ2) is 10.0. The number of rotatable bonds is 5. The Morgan fingerprint density at radius 3 is 2.32 bits per heavy atom. The third kappa shape index (κ3) is 4.63. The minimum Gasteiger partial charge on any atom is -0.327 e. The molecule has 0 saturated carbocycles. The number of hydrogen-bond acceptors (Lipinski definition) is 2. The first-order chi connectivity index (χ1) is 17.8. The van der Waals surface area contributed by atoms with E-state index in [1.807, 2.05) is 61.0 Å². The molecule has 8 heteroatoms. The van der Waals surface area contributed by atoms with Gasteiger partial charge in [0.1, 0.15) is 18.4 Å². The Bertz CT molecular complexity index is 1480. The van der Waals surface area contributed by atoms with Gasteiger partial charge in [0.25, 0.3) is 5.91 Å². The number of benzene rings is 3. The van der Waals surface area contributed by atoms with Crippen molar-refractivity contribution >= 4 is 40.7 Å². The number of halogens is 3. The van der Waals surface area contributed by atoms with Crippen molar-refractivity contribution in [2.75, 3.05) is 11.4 Å². The molecule has 2 heterocycles. The maximum atomic E-state index is 14.1. The molecule has 5 nitrogen and oxygen atoms in total. The number of nitrogens with zero attached hydrogens (tertiary/aromatic N) is 3. The van der Waals surface area contributed by atoms with E-state index in [1.54, 1.807) is 29.2 Å². The third-order valence-electron chi connectivity index (χ3n) is 6.53. The van der Waals surface area contributed by atoms with E-state index in [4.69, 9.17) is 23.2 Å². The molecule has 2 amide bonds. The maximum Gasteiger partial charge on any atom is 0.256 e. The average Bonchev–Trinajstić information content (AvgIpc) is 3.36. The van der Waals surface area contributed by atoms with Gasteiger partial charge in [-0.05, 0) is 74.0 Å². The van der Waals surface area contributed by atoms with Crippen LogP contribution in [0.5, 0.6) is 0 Å². The number of anilines is 1. The molecule has 188 valence electrons. The predicted molar refractivity (Wildman–Crippen MR) is 144 cm³/mol. The van der Waals surface area contributed by atoms with E-state index in [9.17, 15) is 14.0 Å². The van der Waals surface area contributed by atoms with Gasteiger partial charge in [-0.3, -0.25) is 14.5 Å². The highest BCUT2D eigenvalue weighted by Gasteiger charge is 2.37. The summed E-state index contributed by atoms with van der Waals surface area (Å²) in [5.74, 6) is -0.997. The zero-order valence-corrected chi connectivity index (χ0v) is 21.7. The Morgan fingerprint density at radius 1 is 0.946 bits per heavy atom. The molecular weight excluding hydrogens is 512 g/mol. The fraction of sp³-hybridized carbons (Fsp3) is 0.172. The van der Waals surface area contributed by atoms with Crippen LogP contribution in [0, 0.1) is 5.82 Å². The zero-order chi connectivity index (χ0) is 26.3. The smallest absolute Gasteiger partial charge is 0.256 e. The molecule has 0 aliphatic carbocycles. The van der Waals surface area contributed by atoms with Crippen LogP contribution >= 0.6 is 23.2 Å². The topological polar surface area (TPSA) is 45.6 Å². The molecule has 3 aromatic carbocycles. The molecule has 0 unspecified atom stereocenters. The summed E-state index contributed by atoms with van der Waals surface area (Å²) >= 11 is 12.3. The fourth-order valence-electron chi connectivity index (χ4n) is 4.75. The van der Waals surface area contributed by atoms with E-state index in [2.05, 4.69) is 0 Å². The van der Waals surface area contributed by atoms with Crippen molar-refractivity contribution in [1.82, 2.24) is 9.47 Å². The van der Waals surface area contributed by atoms with Gasteiger partial charge >= 0.3 is 0 Å². The van der Waals surface area contributed by atoms with Gasteiger partial charge in [0.15, 0.2) is 0 Å². The highest BCUT2D eigenvalue weighted by molar-refractivity contribution is 6.36. The van der Waals surface area contributed by atoms with Gasteiger partial charge in [-0.15, -0.1) is 0 Å². The monoisotopic (exact) mass is 535 g/mol. The summed E-state index contributed by atoms with van der Waals surface area (Å²) in [6.07, 6.45) is 1.94. The first kappa shape index (κ1) is 25.1. The molecule has 37 heavy (non-hydrogen) atoms. The van der Waals surface area contributed by atoms with Crippen LogP contribution in [0.4, 0.5) is 10.1 Å². The maximum absolute atomic E-state index is 14.1. The molecule has 1 atom stereocenters. The first-order valence-corrected chi connectivity index (χ1v) is 12.6. The number of hydrogen-bond donors (Lipinski definition) is 0. The fourth-order valence-corrected chi connectivity index (χ4v) is 5.24. The third-order valence-corrected chi connectivity index (χ3v) is 7.07. The van der Waals surface area contributed by atoms with Crippen LogP contribution < -0.4 is 4.90 Å². The highest BCUT2D eigenvalue weighted by Crippen LogP contribution is 2.42. The first-order valence-electron chi connectivity index (χ1n) is 11.9. The van der Waals surface area contributed by atoms with Crippen molar-refractivity contribution in [2.24, 2.45) is 0 Å². The average molecular weight is 536 g/mol. The lowest BCUT2D eigenvalue weighted by Crippen LogP contribution is -2.48. The second-order valence-corrected chi connectivity index (χ2v) is 10.0. The van der Waals surface area contributed by atoms with Gasteiger partial charge in [0.2, 0.25) is 5.91 Å². The highest BCUT2D eigenvalue weighted by atomic mass is 35.5. The predicted octanol–water partition coefficient (Wildman–Crippen LogP) is 6.91. The van der Waals surface area contributed by atoms with Crippen molar-refractivity contribution in [3.05, 3.63) is 118 Å². The van der Waals surface area contributed by atoms with E-state index in [1.165, 1.54) is 23.1 Å². The largest absolute Gasteiger partial charge is 0.327 e. The summed E-state index contributed by atoms with van der Waals surface area (Å²) < 4.78 is 15.8. The van der Waals surface area contributed by atoms with Gasteiger partial charge in [-0.1, -0.05) is 47.5 Å². The molecule has 0 spiro atoms. The number of para-hydroxylation sites is 2. The lowest BCUT2D eigenvalue weighted by atomic mass is 9.97. The van der Waals surface area contributed by atoms with E-state index >= 15 is 0 Å². The van der Waals surface area contributed by atoms with Crippen molar-refractivity contribution in [3.63, 3.8) is 0 Å². The second-order valence-electron chi connectivity index (χ2n) is 9.16. The summed E-state index contributed by atoms with van der Waals surface area (Å²) in [5, 5.41) is 0.643. The summed E-state index contributed by atoms with van der Waals surface area (Å²) in [4.78, 5) is 30.8. The summed E-state index contributed by atoms with van der Waals surface area (Å²) in [6, 6.07) is 21.5. The van der Waals surface area contributed by atoms with Gasteiger partial charge in [-0.25, -0.2) is 4.39 Å². The van der Waals surface area contributed by atoms with Crippen LogP contribution in [0.3, 0.4) is 0 Å². The Morgan fingerprint density at radius 2 is 1.65 bits per heavy atom. The number of carbonyl (C=O) groups excluding carboxylic acids is 2. The molecule has 0 saturated heterocycles. The number of amides is 2. The van der Waals surface area contributed by atoms with Gasteiger partial charge < -0.3 is 9.47 Å². The standard InChI is InChI=1S/C29H24Cl2FN3O2/c1-18(2)34(29(37)22-14-11-20(30)16-23(22)31)17-27(36)35-25-7-4-3-6-24(25)33-15-5-8-26(33)28(35)19-9-12-21(32)13-10-19/h3-16,18,28H,17H2,1-2H3/t28-/m1/s1. The van der Waals surface area contributed by atoms with Crippen LogP contribution in [0.25, 0.3) is 5.69 Å². The summed E-state index contributed by atoms with van der Waals surface area (Å²) in [5.41, 5.74) is 3.44. The Labute approximate surface area is 224 Å². The molecule has 4 aromatic rings. The minimum absolute atomic E-state index is 0.178. The lowest BCUT2D eigenvalue weighted by Gasteiger charge is -2.40. The lowest BCUT2D eigenvalue weighted by molar-refractivity contribution is -0.120. The van der Waals surface area contributed by atoms with Gasteiger partial charge in [0.05, 0.1) is 27.7 Å². The van der Waals surface area contributed by atoms with Crippen molar-refractivity contribution < 1.29 is 14.0 Å². The Kier molecular flexibility index (Phi) is 6.80. The van der Waals surface area contributed by atoms with Crippen molar-refractivity contribution in [1.29, 1.82) is 0 Å². The molecule has 0 fully saturated rings. The minimum atomic E-state index is -0.513. The van der Waals surface area contributed by atoms with Crippen LogP contribution in [0.2, 0.25) is 10.0 Å². The van der Waals surface area contributed by atoms with E-state index in [-0.39, 0.29) is 40.8 Å². The number of carbonyl (C=O) groups is 2. The summed E-state index contributed by atoms with van der Waals surface area (Å²) in [7, 11) is 0. The molecule has 0 N–H and O–H groups in total. The number of fused-ring (bicyclic) bond motifs is 3. The molecule has 1 aromatic heterocycles. The van der Waals surface area contributed by atoms with Crippen LogP contribution in [0.1, 0.15) is 41.5 Å². The molecule has 1 aliphatic heterocycles. The summed E-state index contributed by atoms with van der Waals surface area (Å²) in [6.45, 7) is 3.52. The van der Waals surface area contributed by atoms with E-state index in [0.717, 1.165) is 16.9 Å². The molecule has 1 aliphatic rings. The van der Waals surface area contributed by atoms with Crippen LogP contribution in [-0.2, 0) is 4.79 Å². The number of aromatic nitrogens is 1. The van der Waals surface area contributed by atoms with Gasteiger partial charge in [-0.2, -0.15) is 0 Å². The normalized spacial score (nSPS) is 14.3. The van der Waals surface area contributed by atoms with E-state index in [0.29, 0.717) is 10.7 Å². The van der Waals surface area contributed by atoms with Crippen molar-refractivity contribution in [3.8, 4) is 5.69 Å². The Hall–Kier alpha value is -3.61. The molecule has 0 radical (unpaired) electrons. The van der Waals surface area contributed by atoms with Crippen LogP contribution in [0.15, 0.2) is 85.1 Å². The molecule has 0 bridgehead atoms. The zero-order valence-electron chi connectivity index (χ0n) is 20.2. The quantitative estimate of drug-likeness (QED) is 0.278. The SMILES string of the molecule is CC(C)N(CC(=O)N1c2ccccc2-n2cccc2[C@H]1c1ccc(F)cc1)C(=O)c1ccc(Cl)cc1Cl. The Balaban J connectivity index is 1.57. The van der Waals surface area contributed by atoms with Gasteiger partial charge in [0, 0.05) is 17.3 Å². The van der Waals surface area contributed by atoms with Crippen LogP contribution in [-0.4, -0.2) is 33.9 Å².